The number of hydrogen-bond acceptors (Lipinski definition) is 6. The first kappa shape index (κ1) is 22.4. The summed E-state index contributed by atoms with van der Waals surface area (Å²) in [5, 5.41) is 5.62. The van der Waals surface area contributed by atoms with Crippen LogP contribution in [0.1, 0.15) is 18.5 Å². The molecule has 0 N–H and O–H groups in total. The summed E-state index contributed by atoms with van der Waals surface area (Å²) in [4.78, 5) is 7.28. The molecule has 5 rings (SSSR count). The van der Waals surface area contributed by atoms with E-state index < -0.39 is 9.84 Å². The number of sulfone groups is 1. The van der Waals surface area contributed by atoms with Crippen LogP contribution in [0.4, 0.5) is 5.69 Å². The van der Waals surface area contributed by atoms with E-state index in [2.05, 4.69) is 45.4 Å². The normalized spacial score (nSPS) is 15.1. The third-order valence-electron chi connectivity index (χ3n) is 6.38. The summed E-state index contributed by atoms with van der Waals surface area (Å²) in [5.41, 5.74) is 5.45. The molecule has 4 aromatic rings. The van der Waals surface area contributed by atoms with Gasteiger partial charge in [0.1, 0.15) is 11.9 Å². The summed E-state index contributed by atoms with van der Waals surface area (Å²) in [6.07, 6.45) is 7.01. The first-order valence-electron chi connectivity index (χ1n) is 11.4. The molecule has 0 unspecified atom stereocenters. The third kappa shape index (κ3) is 4.50. The van der Waals surface area contributed by atoms with Crippen LogP contribution in [-0.2, 0) is 16.9 Å². The Morgan fingerprint density at radius 2 is 1.76 bits per heavy atom. The first-order chi connectivity index (χ1) is 16.3. The molecule has 34 heavy (non-hydrogen) atoms. The van der Waals surface area contributed by atoms with Gasteiger partial charge in [-0.25, -0.2) is 8.42 Å². The number of rotatable bonds is 5. The fourth-order valence-corrected chi connectivity index (χ4v) is 5.26. The van der Waals surface area contributed by atoms with Crippen LogP contribution in [0.15, 0.2) is 65.8 Å². The van der Waals surface area contributed by atoms with Crippen LogP contribution in [0, 0.1) is 6.92 Å². The maximum absolute atomic E-state index is 11.7. The molecule has 0 bridgehead atoms. The second kappa shape index (κ2) is 8.76. The van der Waals surface area contributed by atoms with Crippen LogP contribution < -0.4 is 9.64 Å². The molecular weight excluding hydrogens is 448 g/mol. The Bertz CT molecular complexity index is 1440. The van der Waals surface area contributed by atoms with Gasteiger partial charge in [-0.3, -0.25) is 9.67 Å². The highest BCUT2D eigenvalue weighted by Crippen LogP contribution is 2.33. The molecule has 2 aromatic heterocycles. The van der Waals surface area contributed by atoms with E-state index in [1.807, 2.05) is 24.9 Å². The number of fused-ring (bicyclic) bond motifs is 1. The van der Waals surface area contributed by atoms with Crippen LogP contribution in [0.2, 0.25) is 0 Å². The average Bonchev–Trinajstić information content (AvgIpc) is 3.16. The van der Waals surface area contributed by atoms with E-state index in [0.29, 0.717) is 10.6 Å². The standard InChI is InChI=1S/C26H28N4O3S/c1-18-24(17-29(2)28-18)19-4-9-25-23(16-19)26(10-13-27-25)30-14-11-21(12-15-30)33-20-5-7-22(8-6-20)34(3,31)32/h4-10,13,16-17,21H,11-12,14-15H2,1-3H3. The van der Waals surface area contributed by atoms with Crippen molar-refractivity contribution in [2.24, 2.45) is 7.05 Å². The second-order valence-corrected chi connectivity index (χ2v) is 10.9. The van der Waals surface area contributed by atoms with E-state index >= 15 is 0 Å². The van der Waals surface area contributed by atoms with Crippen molar-refractivity contribution >= 4 is 26.4 Å². The highest BCUT2D eigenvalue weighted by atomic mass is 32.2. The van der Waals surface area contributed by atoms with Gasteiger partial charge in [-0.05, 0) is 55.0 Å². The van der Waals surface area contributed by atoms with E-state index in [4.69, 9.17) is 4.74 Å². The number of aromatic nitrogens is 3. The summed E-state index contributed by atoms with van der Waals surface area (Å²) in [6.45, 7) is 3.78. The topological polar surface area (TPSA) is 77.3 Å². The van der Waals surface area contributed by atoms with Crippen LogP contribution in [0.5, 0.6) is 5.75 Å². The molecular formula is C26H28N4O3S. The smallest absolute Gasteiger partial charge is 0.175 e. The quantitative estimate of drug-likeness (QED) is 0.425. The minimum Gasteiger partial charge on any atom is -0.490 e. The molecule has 2 aromatic carbocycles. The first-order valence-corrected chi connectivity index (χ1v) is 13.3. The maximum atomic E-state index is 11.7. The molecule has 0 spiro atoms. The minimum atomic E-state index is -3.20. The number of pyridine rings is 1. The zero-order valence-corrected chi connectivity index (χ0v) is 20.4. The molecule has 1 fully saturated rings. The van der Waals surface area contributed by atoms with Gasteiger partial charge in [0.05, 0.1) is 16.1 Å². The zero-order chi connectivity index (χ0) is 23.9. The van der Waals surface area contributed by atoms with Crippen molar-refractivity contribution in [2.45, 2.75) is 30.8 Å². The van der Waals surface area contributed by atoms with Gasteiger partial charge in [0.25, 0.3) is 0 Å². The molecule has 0 saturated carbocycles. The number of benzene rings is 2. The number of aryl methyl sites for hydroxylation is 2. The van der Waals surface area contributed by atoms with Gasteiger partial charge in [-0.1, -0.05) is 6.07 Å². The van der Waals surface area contributed by atoms with Gasteiger partial charge < -0.3 is 9.64 Å². The van der Waals surface area contributed by atoms with Crippen molar-refractivity contribution in [1.82, 2.24) is 14.8 Å². The fraction of sp³-hybridized carbons (Fsp3) is 0.308. The molecule has 1 saturated heterocycles. The lowest BCUT2D eigenvalue weighted by Gasteiger charge is -2.34. The lowest BCUT2D eigenvalue weighted by atomic mass is 10.0. The average molecular weight is 477 g/mol. The Labute approximate surface area is 199 Å². The highest BCUT2D eigenvalue weighted by Gasteiger charge is 2.22. The van der Waals surface area contributed by atoms with Crippen molar-refractivity contribution < 1.29 is 13.2 Å². The number of nitrogens with zero attached hydrogens (tertiary/aromatic N) is 4. The zero-order valence-electron chi connectivity index (χ0n) is 19.6. The Morgan fingerprint density at radius 1 is 1.03 bits per heavy atom. The Morgan fingerprint density at radius 3 is 2.41 bits per heavy atom. The third-order valence-corrected chi connectivity index (χ3v) is 7.51. The molecule has 0 radical (unpaired) electrons. The van der Waals surface area contributed by atoms with E-state index in [-0.39, 0.29) is 6.10 Å². The van der Waals surface area contributed by atoms with Crippen molar-refractivity contribution in [3.8, 4) is 16.9 Å². The Kier molecular flexibility index (Phi) is 5.77. The number of piperidine rings is 1. The van der Waals surface area contributed by atoms with Crippen LogP contribution in [0.25, 0.3) is 22.0 Å². The van der Waals surface area contributed by atoms with Crippen LogP contribution in [0.3, 0.4) is 0 Å². The molecule has 176 valence electrons. The van der Waals surface area contributed by atoms with E-state index in [9.17, 15) is 8.42 Å². The largest absolute Gasteiger partial charge is 0.490 e. The monoisotopic (exact) mass is 476 g/mol. The molecule has 8 heteroatoms. The Hall–Kier alpha value is -3.39. The minimum absolute atomic E-state index is 0.0991. The van der Waals surface area contributed by atoms with Gasteiger partial charge in [-0.15, -0.1) is 0 Å². The van der Waals surface area contributed by atoms with Crippen molar-refractivity contribution in [1.29, 1.82) is 0 Å². The maximum Gasteiger partial charge on any atom is 0.175 e. The Balaban J connectivity index is 1.32. The lowest BCUT2D eigenvalue weighted by molar-refractivity contribution is 0.171. The van der Waals surface area contributed by atoms with E-state index in [1.54, 1.807) is 24.3 Å². The van der Waals surface area contributed by atoms with Gasteiger partial charge >= 0.3 is 0 Å². The van der Waals surface area contributed by atoms with Crippen molar-refractivity contribution in [3.63, 3.8) is 0 Å². The van der Waals surface area contributed by atoms with Gasteiger partial charge in [0.2, 0.25) is 0 Å². The number of ether oxygens (including phenoxy) is 1. The fourth-order valence-electron chi connectivity index (χ4n) is 4.63. The molecule has 0 aliphatic carbocycles. The molecule has 1 aliphatic rings. The lowest BCUT2D eigenvalue weighted by Crippen LogP contribution is -2.38. The summed E-state index contributed by atoms with van der Waals surface area (Å²) >= 11 is 0. The summed E-state index contributed by atoms with van der Waals surface area (Å²) < 4.78 is 31.3. The summed E-state index contributed by atoms with van der Waals surface area (Å²) in [5.74, 6) is 0.705. The van der Waals surface area contributed by atoms with E-state index in [0.717, 1.165) is 53.7 Å². The molecule has 0 atom stereocenters. The summed E-state index contributed by atoms with van der Waals surface area (Å²) in [6, 6.07) is 15.2. The molecule has 7 nitrogen and oxygen atoms in total. The second-order valence-electron chi connectivity index (χ2n) is 8.91. The van der Waals surface area contributed by atoms with Crippen molar-refractivity contribution in [2.75, 3.05) is 24.2 Å². The highest BCUT2D eigenvalue weighted by molar-refractivity contribution is 7.90. The molecule has 3 heterocycles. The van der Waals surface area contributed by atoms with Gasteiger partial charge in [0, 0.05) is 68.3 Å². The number of hydrogen-bond donors (Lipinski definition) is 0. The predicted octanol–water partition coefficient (Wildman–Crippen LogP) is 4.40. The van der Waals surface area contributed by atoms with E-state index in [1.165, 1.54) is 11.9 Å². The van der Waals surface area contributed by atoms with Gasteiger partial charge in [0.15, 0.2) is 9.84 Å². The van der Waals surface area contributed by atoms with Crippen LogP contribution in [-0.4, -0.2) is 48.6 Å². The van der Waals surface area contributed by atoms with Crippen LogP contribution >= 0.6 is 0 Å². The van der Waals surface area contributed by atoms with Gasteiger partial charge in [-0.2, -0.15) is 5.10 Å². The summed E-state index contributed by atoms with van der Waals surface area (Å²) in [7, 11) is -1.26. The molecule has 0 amide bonds. The molecule has 1 aliphatic heterocycles. The predicted molar refractivity (Wildman–Crippen MR) is 134 cm³/mol. The van der Waals surface area contributed by atoms with Crippen molar-refractivity contribution in [3.05, 3.63) is 66.6 Å². The number of anilines is 1. The SMILES string of the molecule is Cc1nn(C)cc1-c1ccc2nccc(N3CCC(Oc4ccc(S(C)(=O)=O)cc4)CC3)c2c1.